The minimum atomic E-state index is 0.0714. The maximum absolute atomic E-state index is 11.8. The number of nitrogens with zero attached hydrogens (tertiary/aromatic N) is 4. The third kappa shape index (κ3) is 4.60. The van der Waals surface area contributed by atoms with E-state index < -0.39 is 0 Å². The Morgan fingerprint density at radius 1 is 1.21 bits per heavy atom. The molecule has 2 fully saturated rings. The van der Waals surface area contributed by atoms with Gasteiger partial charge in [-0.1, -0.05) is 18.7 Å². The number of aromatic nitrogens is 3. The summed E-state index contributed by atoms with van der Waals surface area (Å²) in [6.45, 7) is 8.63. The van der Waals surface area contributed by atoms with Crippen molar-refractivity contribution < 1.29 is 9.53 Å². The number of hydrogen-bond donors (Lipinski definition) is 0. The summed E-state index contributed by atoms with van der Waals surface area (Å²) in [5.41, 5.74) is 1.75. The van der Waals surface area contributed by atoms with Crippen LogP contribution in [0.2, 0.25) is 0 Å². The molecular formula is C22H30N4O2S. The number of rotatable bonds is 8. The first-order valence-electron chi connectivity index (χ1n) is 10.7. The highest BCUT2D eigenvalue weighted by Gasteiger charge is 2.32. The van der Waals surface area contributed by atoms with Gasteiger partial charge in [0.1, 0.15) is 5.75 Å². The van der Waals surface area contributed by atoms with Crippen molar-refractivity contribution in [2.24, 2.45) is 5.92 Å². The summed E-state index contributed by atoms with van der Waals surface area (Å²) in [5.74, 6) is 3.44. The van der Waals surface area contributed by atoms with Crippen LogP contribution in [-0.2, 0) is 5.75 Å². The van der Waals surface area contributed by atoms with Crippen molar-refractivity contribution in [1.82, 2.24) is 14.8 Å². The zero-order valence-electron chi connectivity index (χ0n) is 17.6. The molecule has 1 aromatic heterocycles. The minimum absolute atomic E-state index is 0.0714. The number of thioether (sulfide) groups is 1. The van der Waals surface area contributed by atoms with E-state index in [4.69, 9.17) is 4.74 Å². The van der Waals surface area contributed by atoms with Crippen molar-refractivity contribution in [2.45, 2.75) is 63.4 Å². The molecule has 0 atom stereocenters. The molecule has 1 saturated carbocycles. The monoisotopic (exact) mass is 414 g/mol. The molecule has 7 heteroatoms. The Balaban J connectivity index is 1.54. The Kier molecular flexibility index (Phi) is 6.13. The van der Waals surface area contributed by atoms with E-state index in [0.717, 1.165) is 47.0 Å². The van der Waals surface area contributed by atoms with Crippen molar-refractivity contribution in [3.63, 3.8) is 0 Å². The number of ether oxygens (including phenoxy) is 1. The Labute approximate surface area is 177 Å². The zero-order chi connectivity index (χ0) is 20.4. The molecular weight excluding hydrogens is 384 g/mol. The number of hydrogen-bond acceptors (Lipinski definition) is 6. The molecule has 0 spiro atoms. The lowest BCUT2D eigenvalue weighted by atomic mass is 10.00. The molecule has 2 aliphatic rings. The molecule has 0 bridgehead atoms. The van der Waals surface area contributed by atoms with E-state index >= 15 is 0 Å². The quantitative estimate of drug-likeness (QED) is 0.459. The predicted molar refractivity (Wildman–Crippen MR) is 116 cm³/mol. The van der Waals surface area contributed by atoms with Gasteiger partial charge in [-0.2, -0.15) is 0 Å². The highest BCUT2D eigenvalue weighted by atomic mass is 32.2. The lowest BCUT2D eigenvalue weighted by molar-refractivity contribution is 0.101. The molecule has 6 nitrogen and oxygen atoms in total. The third-order valence-electron chi connectivity index (χ3n) is 5.75. The van der Waals surface area contributed by atoms with Gasteiger partial charge in [-0.05, 0) is 63.6 Å². The van der Waals surface area contributed by atoms with Gasteiger partial charge >= 0.3 is 0 Å². The molecule has 0 amide bonds. The maximum Gasteiger partial charge on any atom is 0.228 e. The number of piperidine rings is 1. The van der Waals surface area contributed by atoms with Crippen LogP contribution < -0.4 is 9.64 Å². The van der Waals surface area contributed by atoms with E-state index in [1.54, 1.807) is 18.7 Å². The Morgan fingerprint density at radius 3 is 2.62 bits per heavy atom. The molecule has 29 heavy (non-hydrogen) atoms. The van der Waals surface area contributed by atoms with Crippen molar-refractivity contribution in [3.05, 3.63) is 29.3 Å². The van der Waals surface area contributed by atoms with Gasteiger partial charge < -0.3 is 9.64 Å². The molecule has 156 valence electrons. The van der Waals surface area contributed by atoms with E-state index in [0.29, 0.717) is 18.4 Å². The highest BCUT2D eigenvalue weighted by molar-refractivity contribution is 7.98. The summed E-state index contributed by atoms with van der Waals surface area (Å²) >= 11 is 1.69. The highest BCUT2D eigenvalue weighted by Crippen LogP contribution is 2.42. The molecule has 0 N–H and O–H groups in total. The molecule has 2 aromatic rings. The van der Waals surface area contributed by atoms with Crippen LogP contribution in [0.5, 0.6) is 5.75 Å². The lowest BCUT2D eigenvalue weighted by Gasteiger charge is -2.31. The Morgan fingerprint density at radius 2 is 1.97 bits per heavy atom. The molecule has 0 radical (unpaired) electrons. The topological polar surface area (TPSA) is 60.2 Å². The largest absolute Gasteiger partial charge is 0.494 e. The van der Waals surface area contributed by atoms with E-state index in [1.807, 2.05) is 25.1 Å². The summed E-state index contributed by atoms with van der Waals surface area (Å²) in [4.78, 5) is 14.2. The standard InChI is InChI=1S/C22H30N4O2S/c1-4-28-20-8-5-17(16(3)27)13-18(20)14-29-22-24-23-21(26(22)19-6-7-19)25-11-9-15(2)10-12-25/h5,8,13,15,19H,4,6-7,9-12,14H2,1-3H3. The summed E-state index contributed by atoms with van der Waals surface area (Å²) < 4.78 is 8.13. The van der Waals surface area contributed by atoms with Crippen molar-refractivity contribution >= 4 is 23.5 Å². The lowest BCUT2D eigenvalue weighted by Crippen LogP contribution is -2.34. The minimum Gasteiger partial charge on any atom is -0.494 e. The van der Waals surface area contributed by atoms with Crippen LogP contribution in [0.1, 0.15) is 68.4 Å². The van der Waals surface area contributed by atoms with Crippen LogP contribution in [0.4, 0.5) is 5.95 Å². The number of ketones is 1. The van der Waals surface area contributed by atoms with Crippen LogP contribution >= 0.6 is 11.8 Å². The van der Waals surface area contributed by atoms with Crippen molar-refractivity contribution in [2.75, 3.05) is 24.6 Å². The van der Waals surface area contributed by atoms with E-state index in [9.17, 15) is 4.79 Å². The number of carbonyl (C=O) groups excluding carboxylic acids is 1. The summed E-state index contributed by atoms with van der Waals surface area (Å²) in [6, 6.07) is 6.22. The van der Waals surface area contributed by atoms with Crippen molar-refractivity contribution in [3.8, 4) is 5.75 Å². The van der Waals surface area contributed by atoms with Gasteiger partial charge in [0.05, 0.1) is 6.61 Å². The summed E-state index contributed by atoms with van der Waals surface area (Å²) in [6.07, 6.45) is 4.84. The van der Waals surface area contributed by atoms with Crippen LogP contribution in [0.25, 0.3) is 0 Å². The first-order chi connectivity index (χ1) is 14.1. The second-order valence-corrected chi connectivity index (χ2v) is 9.10. The normalized spacial score (nSPS) is 17.6. The van der Waals surface area contributed by atoms with Gasteiger partial charge in [0.2, 0.25) is 5.95 Å². The van der Waals surface area contributed by atoms with E-state index in [1.165, 1.54) is 25.7 Å². The van der Waals surface area contributed by atoms with Crippen molar-refractivity contribution in [1.29, 1.82) is 0 Å². The SMILES string of the molecule is CCOc1ccc(C(C)=O)cc1CSc1nnc(N2CCC(C)CC2)n1C1CC1. The van der Waals surface area contributed by atoms with Gasteiger partial charge in [0.15, 0.2) is 10.9 Å². The van der Waals surface area contributed by atoms with Crippen LogP contribution in [0.15, 0.2) is 23.4 Å². The van der Waals surface area contributed by atoms with E-state index in [-0.39, 0.29) is 5.78 Å². The second-order valence-electron chi connectivity index (χ2n) is 8.15. The zero-order valence-corrected chi connectivity index (χ0v) is 18.4. The predicted octanol–water partition coefficient (Wildman–Crippen LogP) is 4.74. The number of Topliss-reactive ketones (excluding diaryl/α,β-unsaturated/α-hetero) is 1. The first kappa shape index (κ1) is 20.3. The van der Waals surface area contributed by atoms with Gasteiger partial charge in [0.25, 0.3) is 0 Å². The average molecular weight is 415 g/mol. The fourth-order valence-corrected chi connectivity index (χ4v) is 4.77. The van der Waals surface area contributed by atoms with Crippen LogP contribution in [0.3, 0.4) is 0 Å². The smallest absolute Gasteiger partial charge is 0.228 e. The fourth-order valence-electron chi connectivity index (χ4n) is 3.79. The number of benzene rings is 1. The van der Waals surface area contributed by atoms with Gasteiger partial charge in [-0.3, -0.25) is 9.36 Å². The second kappa shape index (κ2) is 8.78. The molecule has 4 rings (SSSR count). The number of carbonyl (C=O) groups is 1. The van der Waals surface area contributed by atoms with Crippen LogP contribution in [-0.4, -0.2) is 40.2 Å². The molecule has 1 aliphatic carbocycles. The first-order valence-corrected chi connectivity index (χ1v) is 11.6. The summed E-state index contributed by atoms with van der Waals surface area (Å²) in [5, 5.41) is 10.1. The van der Waals surface area contributed by atoms with Gasteiger partial charge in [-0.15, -0.1) is 10.2 Å². The molecule has 2 heterocycles. The Bertz CT molecular complexity index is 870. The maximum atomic E-state index is 11.8. The van der Waals surface area contributed by atoms with Gasteiger partial charge in [0, 0.05) is 36.0 Å². The van der Waals surface area contributed by atoms with Gasteiger partial charge in [-0.25, -0.2) is 0 Å². The Hall–Kier alpha value is -2.02. The third-order valence-corrected chi connectivity index (χ3v) is 6.74. The fraction of sp³-hybridized carbons (Fsp3) is 0.591. The van der Waals surface area contributed by atoms with E-state index in [2.05, 4.69) is 26.6 Å². The van der Waals surface area contributed by atoms with Crippen LogP contribution in [0, 0.1) is 5.92 Å². The number of anilines is 1. The molecule has 1 aliphatic heterocycles. The molecule has 1 aromatic carbocycles. The molecule has 0 unspecified atom stereocenters. The average Bonchev–Trinajstić information content (AvgIpc) is 3.47. The molecule has 1 saturated heterocycles. The summed E-state index contributed by atoms with van der Waals surface area (Å²) in [7, 11) is 0.